The maximum Gasteiger partial charge on any atom is 0.410 e. The summed E-state index contributed by atoms with van der Waals surface area (Å²) in [5.41, 5.74) is 0.311. The second-order valence-electron chi connectivity index (χ2n) is 12.6. The van der Waals surface area contributed by atoms with Gasteiger partial charge in [-0.05, 0) is 102 Å². The number of amides is 2. The van der Waals surface area contributed by atoms with Gasteiger partial charge >= 0.3 is 18.2 Å². The Morgan fingerprint density at radius 2 is 1.68 bits per heavy atom. The average Bonchev–Trinajstić information content (AvgIpc) is 3.09. The predicted octanol–water partition coefficient (Wildman–Crippen LogP) is 5.90. The van der Waals surface area contributed by atoms with Crippen LogP contribution in [0.5, 0.6) is 0 Å². The largest absolute Gasteiger partial charge is 0.490 e. The highest BCUT2D eigenvalue weighted by atomic mass is 16.6. The Balaban J connectivity index is 1.44. The lowest BCUT2D eigenvalue weighted by Crippen LogP contribution is -2.51. The highest BCUT2D eigenvalue weighted by Gasteiger charge is 2.56. The van der Waals surface area contributed by atoms with Gasteiger partial charge in [0, 0.05) is 24.2 Å². The van der Waals surface area contributed by atoms with Crippen LogP contribution in [0.15, 0.2) is 36.6 Å². The molecule has 2 amide bonds. The van der Waals surface area contributed by atoms with Crippen LogP contribution in [0.25, 0.3) is 0 Å². The molecule has 40 heavy (non-hydrogen) atoms. The average molecular weight is 561 g/mol. The van der Waals surface area contributed by atoms with Gasteiger partial charge < -0.3 is 29.2 Å². The molecule has 1 N–H and O–H groups in total. The SMILES string of the molecule is C=CC(=O)OCC1CCC(COC(=O)N2CC3(C)CC(NC(=O)OC(C)COC(=CC)C(=C)C)CC2(C)C3)CC1. The molecule has 3 aliphatic rings. The number of esters is 1. The Bertz CT molecular complexity index is 986. The van der Waals surface area contributed by atoms with Crippen LogP contribution in [-0.2, 0) is 23.7 Å². The normalized spacial score (nSPS) is 30.6. The third-order valence-corrected chi connectivity index (χ3v) is 8.47. The number of carbonyl (C=O) groups excluding carboxylic acids is 3. The molecule has 2 aliphatic carbocycles. The van der Waals surface area contributed by atoms with Crippen molar-refractivity contribution in [2.24, 2.45) is 17.3 Å². The van der Waals surface area contributed by atoms with Crippen molar-refractivity contribution in [1.82, 2.24) is 10.2 Å². The summed E-state index contributed by atoms with van der Waals surface area (Å²) >= 11 is 0. The zero-order chi connectivity index (χ0) is 29.5. The van der Waals surface area contributed by atoms with E-state index in [0.29, 0.717) is 43.8 Å². The number of nitrogens with zero attached hydrogens (tertiary/aromatic N) is 1. The minimum Gasteiger partial charge on any atom is -0.490 e. The molecule has 9 heteroatoms. The second kappa shape index (κ2) is 13.6. The first kappa shape index (κ1) is 31.6. The third kappa shape index (κ3) is 8.51. The molecule has 2 bridgehead atoms. The van der Waals surface area contributed by atoms with Gasteiger partial charge in [-0.25, -0.2) is 14.4 Å². The highest BCUT2D eigenvalue weighted by Crippen LogP contribution is 2.51. The summed E-state index contributed by atoms with van der Waals surface area (Å²) in [6, 6.07) is -0.103. The fourth-order valence-electron chi connectivity index (χ4n) is 6.72. The Hall–Kier alpha value is -2.97. The molecule has 0 radical (unpaired) electrons. The summed E-state index contributed by atoms with van der Waals surface area (Å²) < 4.78 is 22.2. The van der Waals surface area contributed by atoms with Crippen LogP contribution < -0.4 is 5.32 Å². The zero-order valence-electron chi connectivity index (χ0n) is 25.0. The number of ether oxygens (including phenoxy) is 4. The van der Waals surface area contributed by atoms with Gasteiger partial charge in [0.15, 0.2) is 0 Å². The van der Waals surface area contributed by atoms with E-state index in [4.69, 9.17) is 18.9 Å². The molecular formula is C31H48N2O7. The number of nitrogens with one attached hydrogen (secondary N) is 1. The molecule has 2 saturated carbocycles. The van der Waals surface area contributed by atoms with Crippen LogP contribution in [0.4, 0.5) is 9.59 Å². The van der Waals surface area contributed by atoms with Crippen LogP contribution in [0.2, 0.25) is 0 Å². The smallest absolute Gasteiger partial charge is 0.410 e. The first-order valence-corrected chi connectivity index (χ1v) is 14.5. The molecule has 0 aromatic rings. The van der Waals surface area contributed by atoms with Gasteiger partial charge in [-0.1, -0.05) is 20.1 Å². The van der Waals surface area contributed by atoms with Crippen LogP contribution in [0, 0.1) is 17.3 Å². The Morgan fingerprint density at radius 3 is 2.25 bits per heavy atom. The minimum absolute atomic E-state index is 0.103. The molecule has 0 aromatic carbocycles. The molecule has 1 saturated heterocycles. The van der Waals surface area contributed by atoms with E-state index in [1.807, 2.05) is 24.8 Å². The van der Waals surface area contributed by atoms with Crippen LogP contribution in [0.3, 0.4) is 0 Å². The van der Waals surface area contributed by atoms with E-state index in [-0.39, 0.29) is 30.1 Å². The van der Waals surface area contributed by atoms with Gasteiger partial charge in [0.1, 0.15) is 18.5 Å². The Morgan fingerprint density at radius 1 is 1.05 bits per heavy atom. The van der Waals surface area contributed by atoms with Crippen molar-refractivity contribution >= 4 is 18.2 Å². The Kier molecular flexibility index (Phi) is 10.7. The maximum absolute atomic E-state index is 13.2. The fraction of sp³-hybridized carbons (Fsp3) is 0.710. The topological polar surface area (TPSA) is 103 Å². The summed E-state index contributed by atoms with van der Waals surface area (Å²) in [4.78, 5) is 39.1. The lowest BCUT2D eigenvalue weighted by atomic mass is 9.70. The number of hydrogen-bond acceptors (Lipinski definition) is 7. The van der Waals surface area contributed by atoms with Crippen molar-refractivity contribution in [3.8, 4) is 0 Å². The van der Waals surface area contributed by atoms with Gasteiger partial charge in [-0.3, -0.25) is 0 Å². The molecule has 224 valence electrons. The number of likely N-dealkylation sites (tertiary alicyclic amines) is 1. The van der Waals surface area contributed by atoms with Crippen molar-refractivity contribution in [2.45, 2.75) is 97.2 Å². The van der Waals surface area contributed by atoms with Crippen molar-refractivity contribution in [1.29, 1.82) is 0 Å². The minimum atomic E-state index is -0.476. The van der Waals surface area contributed by atoms with Gasteiger partial charge in [0.25, 0.3) is 0 Å². The predicted molar refractivity (Wildman–Crippen MR) is 152 cm³/mol. The van der Waals surface area contributed by atoms with Gasteiger partial charge in [-0.2, -0.15) is 0 Å². The maximum atomic E-state index is 13.2. The molecule has 0 aromatic heterocycles. The summed E-state index contributed by atoms with van der Waals surface area (Å²) in [6.45, 7) is 18.8. The van der Waals surface area contributed by atoms with Crippen LogP contribution in [0.1, 0.15) is 79.6 Å². The molecule has 0 spiro atoms. The lowest BCUT2D eigenvalue weighted by Gasteiger charge is -2.41. The monoisotopic (exact) mass is 560 g/mol. The molecule has 1 heterocycles. The standard InChI is InChI=1S/C31H48N2O7/c1-8-26(21(3)4)37-16-22(5)40-28(35)32-25-14-30(6)19-31(7,15-25)33(20-30)29(36)39-18-24-12-10-23(11-13-24)17-38-27(34)9-2/h8-9,22-25H,2-3,10-20H2,1,4-7H3,(H,32,35). The molecule has 3 rings (SSSR count). The van der Waals surface area contributed by atoms with Crippen LogP contribution >= 0.6 is 0 Å². The molecule has 1 aliphatic heterocycles. The number of hydrogen-bond donors (Lipinski definition) is 1. The van der Waals surface area contributed by atoms with Gasteiger partial charge in [-0.15, -0.1) is 0 Å². The third-order valence-electron chi connectivity index (χ3n) is 8.47. The number of allylic oxidation sites excluding steroid dienone is 2. The molecule has 4 unspecified atom stereocenters. The molecule has 4 atom stereocenters. The summed E-state index contributed by atoms with van der Waals surface area (Å²) in [6.07, 6.45) is 7.91. The summed E-state index contributed by atoms with van der Waals surface area (Å²) in [7, 11) is 0. The summed E-state index contributed by atoms with van der Waals surface area (Å²) in [5, 5.41) is 3.03. The number of alkyl carbamates (subject to hydrolysis) is 1. The number of rotatable bonds is 11. The van der Waals surface area contributed by atoms with Crippen LogP contribution in [-0.4, -0.2) is 67.1 Å². The molecule has 3 fully saturated rings. The van der Waals surface area contributed by atoms with E-state index in [1.54, 1.807) is 6.92 Å². The number of fused-ring (bicyclic) bond motifs is 2. The molecule has 9 nitrogen and oxygen atoms in total. The van der Waals surface area contributed by atoms with Crippen molar-refractivity contribution < 1.29 is 33.3 Å². The van der Waals surface area contributed by atoms with E-state index in [2.05, 4.69) is 32.3 Å². The van der Waals surface area contributed by atoms with Gasteiger partial charge in [0.05, 0.1) is 13.2 Å². The van der Waals surface area contributed by atoms with Crippen molar-refractivity contribution in [3.05, 3.63) is 36.6 Å². The first-order chi connectivity index (χ1) is 18.9. The van der Waals surface area contributed by atoms with Crippen molar-refractivity contribution in [2.75, 3.05) is 26.4 Å². The van der Waals surface area contributed by atoms with E-state index < -0.39 is 17.7 Å². The zero-order valence-corrected chi connectivity index (χ0v) is 25.0. The quantitative estimate of drug-likeness (QED) is 0.110. The number of carbonyl (C=O) groups is 3. The van der Waals surface area contributed by atoms with Gasteiger partial charge in [0.2, 0.25) is 0 Å². The lowest BCUT2D eigenvalue weighted by molar-refractivity contribution is -0.139. The van der Waals surface area contributed by atoms with E-state index in [9.17, 15) is 14.4 Å². The highest BCUT2D eigenvalue weighted by molar-refractivity contribution is 5.81. The first-order valence-electron chi connectivity index (χ1n) is 14.5. The fourth-order valence-corrected chi connectivity index (χ4v) is 6.72. The Labute approximate surface area is 239 Å². The van der Waals surface area contributed by atoms with E-state index in [1.165, 1.54) is 6.08 Å². The summed E-state index contributed by atoms with van der Waals surface area (Å²) in [5.74, 6) is 0.966. The van der Waals surface area contributed by atoms with E-state index in [0.717, 1.165) is 44.1 Å². The second-order valence-corrected chi connectivity index (χ2v) is 12.6. The van der Waals surface area contributed by atoms with E-state index >= 15 is 0 Å². The van der Waals surface area contributed by atoms with Crippen molar-refractivity contribution in [3.63, 3.8) is 0 Å². The molecular weight excluding hydrogens is 512 g/mol.